The third kappa shape index (κ3) is 3.54. The van der Waals surface area contributed by atoms with Gasteiger partial charge in [-0.3, -0.25) is 0 Å². The van der Waals surface area contributed by atoms with Crippen molar-refractivity contribution in [3.8, 4) is 0 Å². The van der Waals surface area contributed by atoms with Gasteiger partial charge in [0.2, 0.25) is 0 Å². The molecule has 1 aliphatic carbocycles. The summed E-state index contributed by atoms with van der Waals surface area (Å²) >= 11 is 0. The highest BCUT2D eigenvalue weighted by Crippen LogP contribution is 2.28. The number of carbonyl (C=O) groups excluding carboxylic acids is 1. The van der Waals surface area contributed by atoms with Crippen LogP contribution < -0.4 is 5.32 Å². The lowest BCUT2D eigenvalue weighted by Crippen LogP contribution is -2.43. The van der Waals surface area contributed by atoms with E-state index in [1.54, 1.807) is 0 Å². The fraction of sp³-hybridized carbons (Fsp3) is 0.667. The zero-order valence-electron chi connectivity index (χ0n) is 11.8. The number of carbonyl (C=O) groups is 1. The number of aromatic amines is 1. The van der Waals surface area contributed by atoms with Gasteiger partial charge in [0.25, 0.3) is 0 Å². The van der Waals surface area contributed by atoms with Gasteiger partial charge in [-0.1, -0.05) is 0 Å². The maximum Gasteiger partial charge on any atom is 0.317 e. The minimum absolute atomic E-state index is 0.0835. The molecule has 1 saturated carbocycles. The summed E-state index contributed by atoms with van der Waals surface area (Å²) in [5, 5.41) is 3.11. The molecule has 0 aromatic carbocycles. The number of urea groups is 1. The van der Waals surface area contributed by atoms with Gasteiger partial charge in [0.1, 0.15) is 0 Å². The molecule has 1 saturated heterocycles. The molecule has 3 rings (SSSR count). The van der Waals surface area contributed by atoms with Crippen LogP contribution in [0.25, 0.3) is 0 Å². The van der Waals surface area contributed by atoms with Gasteiger partial charge in [-0.25, -0.2) is 4.79 Å². The molecule has 0 radical (unpaired) electrons. The average molecular weight is 277 g/mol. The molecular formula is C15H23N3O2. The summed E-state index contributed by atoms with van der Waals surface area (Å²) in [5.74, 6) is 0.570. The summed E-state index contributed by atoms with van der Waals surface area (Å²) in [7, 11) is 0. The van der Waals surface area contributed by atoms with Gasteiger partial charge in [-0.15, -0.1) is 0 Å². The van der Waals surface area contributed by atoms with Crippen LogP contribution in [-0.2, 0) is 11.3 Å². The number of hydrogen-bond acceptors (Lipinski definition) is 2. The lowest BCUT2D eigenvalue weighted by molar-refractivity contribution is 0.0663. The molecule has 2 fully saturated rings. The van der Waals surface area contributed by atoms with Crippen molar-refractivity contribution in [3.63, 3.8) is 0 Å². The van der Waals surface area contributed by atoms with Crippen molar-refractivity contribution in [1.82, 2.24) is 15.2 Å². The quantitative estimate of drug-likeness (QED) is 0.866. The number of ether oxygens (including phenoxy) is 1. The minimum atomic E-state index is 0.0835. The van der Waals surface area contributed by atoms with Crippen LogP contribution >= 0.6 is 0 Å². The van der Waals surface area contributed by atoms with E-state index in [0.717, 1.165) is 51.0 Å². The van der Waals surface area contributed by atoms with Crippen LogP contribution in [0.4, 0.5) is 4.79 Å². The van der Waals surface area contributed by atoms with E-state index in [0.29, 0.717) is 18.5 Å². The summed E-state index contributed by atoms with van der Waals surface area (Å²) in [4.78, 5) is 17.4. The minimum Gasteiger partial charge on any atom is -0.381 e. The van der Waals surface area contributed by atoms with Gasteiger partial charge in [-0.2, -0.15) is 0 Å². The predicted molar refractivity (Wildman–Crippen MR) is 76.3 cm³/mol. The Morgan fingerprint density at radius 2 is 2.15 bits per heavy atom. The van der Waals surface area contributed by atoms with E-state index < -0.39 is 0 Å². The first-order valence-electron chi connectivity index (χ1n) is 7.57. The van der Waals surface area contributed by atoms with Gasteiger partial charge in [0.05, 0.1) is 0 Å². The topological polar surface area (TPSA) is 57.4 Å². The van der Waals surface area contributed by atoms with Crippen LogP contribution in [-0.4, -0.2) is 41.7 Å². The van der Waals surface area contributed by atoms with E-state index in [1.165, 1.54) is 0 Å². The number of rotatable bonds is 5. The second-order valence-corrected chi connectivity index (χ2v) is 5.82. The lowest BCUT2D eigenvalue weighted by atomic mass is 10.0. The largest absolute Gasteiger partial charge is 0.381 e. The Balaban J connectivity index is 1.50. The second kappa shape index (κ2) is 6.31. The molecular weight excluding hydrogens is 254 g/mol. The third-order valence-electron chi connectivity index (χ3n) is 4.15. The van der Waals surface area contributed by atoms with Crippen molar-refractivity contribution in [1.29, 1.82) is 0 Å². The maximum absolute atomic E-state index is 12.4. The first-order chi connectivity index (χ1) is 9.83. The van der Waals surface area contributed by atoms with E-state index >= 15 is 0 Å². The van der Waals surface area contributed by atoms with Gasteiger partial charge in [0, 0.05) is 44.7 Å². The molecule has 2 N–H and O–H groups in total. The Hall–Kier alpha value is -1.49. The molecule has 1 aromatic rings. The highest BCUT2D eigenvalue weighted by Gasteiger charge is 2.32. The fourth-order valence-electron chi connectivity index (χ4n) is 2.69. The molecule has 2 amide bonds. The smallest absolute Gasteiger partial charge is 0.317 e. The Kier molecular flexibility index (Phi) is 4.25. The molecule has 1 aliphatic heterocycles. The summed E-state index contributed by atoms with van der Waals surface area (Å²) in [5.41, 5.74) is 1.16. The zero-order chi connectivity index (χ0) is 13.8. The van der Waals surface area contributed by atoms with E-state index in [1.807, 2.05) is 23.4 Å². The fourth-order valence-corrected chi connectivity index (χ4v) is 2.69. The molecule has 0 atom stereocenters. The Morgan fingerprint density at radius 3 is 2.80 bits per heavy atom. The Labute approximate surface area is 119 Å². The number of amides is 2. The number of aromatic nitrogens is 1. The number of nitrogens with one attached hydrogen (secondary N) is 2. The van der Waals surface area contributed by atoms with E-state index in [-0.39, 0.29) is 6.03 Å². The molecule has 1 aromatic heterocycles. The maximum atomic E-state index is 12.4. The Morgan fingerprint density at radius 1 is 1.35 bits per heavy atom. The normalized spacial score (nSPS) is 19.8. The van der Waals surface area contributed by atoms with Gasteiger partial charge < -0.3 is 19.9 Å². The van der Waals surface area contributed by atoms with Crippen LogP contribution in [0.2, 0.25) is 0 Å². The number of nitrogens with zero attached hydrogens (tertiary/aromatic N) is 1. The predicted octanol–water partition coefficient (Wildman–Crippen LogP) is 2.12. The molecule has 110 valence electrons. The van der Waals surface area contributed by atoms with Crippen molar-refractivity contribution in [3.05, 3.63) is 24.0 Å². The monoisotopic (exact) mass is 277 g/mol. The van der Waals surface area contributed by atoms with E-state index in [9.17, 15) is 4.79 Å². The van der Waals surface area contributed by atoms with E-state index in [2.05, 4.69) is 10.3 Å². The van der Waals surface area contributed by atoms with Crippen LogP contribution in [0.5, 0.6) is 0 Å². The van der Waals surface area contributed by atoms with Crippen LogP contribution in [0, 0.1) is 5.92 Å². The van der Waals surface area contributed by atoms with Crippen molar-refractivity contribution < 1.29 is 9.53 Å². The first-order valence-corrected chi connectivity index (χ1v) is 7.57. The average Bonchev–Trinajstić information content (AvgIpc) is 3.20. The first kappa shape index (κ1) is 13.5. The van der Waals surface area contributed by atoms with Gasteiger partial charge in [-0.05, 0) is 43.2 Å². The molecule has 0 bridgehead atoms. The van der Waals surface area contributed by atoms with Crippen molar-refractivity contribution in [2.45, 2.75) is 38.3 Å². The van der Waals surface area contributed by atoms with Gasteiger partial charge in [0.15, 0.2) is 0 Å². The summed E-state index contributed by atoms with van der Waals surface area (Å²) in [6, 6.07) is 2.54. The van der Waals surface area contributed by atoms with Crippen molar-refractivity contribution in [2.75, 3.05) is 19.8 Å². The van der Waals surface area contributed by atoms with Crippen LogP contribution in [0.3, 0.4) is 0 Å². The Bertz CT molecular complexity index is 422. The van der Waals surface area contributed by atoms with E-state index in [4.69, 9.17) is 4.74 Å². The second-order valence-electron chi connectivity index (χ2n) is 5.82. The van der Waals surface area contributed by atoms with Gasteiger partial charge >= 0.3 is 6.03 Å². The molecule has 2 heterocycles. The van der Waals surface area contributed by atoms with Crippen LogP contribution in [0.15, 0.2) is 18.5 Å². The lowest BCUT2D eigenvalue weighted by Gasteiger charge is -2.26. The standard InChI is InChI=1S/C15H23N3O2/c19-15(17-10-12-4-7-20-8-5-12)18(14-1-2-14)11-13-3-6-16-9-13/h3,6,9,12,14,16H,1-2,4-5,7-8,10-11H2,(H,17,19). The molecule has 5 nitrogen and oxygen atoms in total. The van der Waals surface area contributed by atoms with Crippen molar-refractivity contribution >= 4 is 6.03 Å². The number of H-pyrrole nitrogens is 1. The highest BCUT2D eigenvalue weighted by molar-refractivity contribution is 5.74. The molecule has 0 unspecified atom stereocenters. The van der Waals surface area contributed by atoms with Crippen LogP contribution in [0.1, 0.15) is 31.2 Å². The molecule has 20 heavy (non-hydrogen) atoms. The zero-order valence-corrected chi connectivity index (χ0v) is 11.8. The highest BCUT2D eigenvalue weighted by atomic mass is 16.5. The molecule has 0 spiro atoms. The molecule has 5 heteroatoms. The summed E-state index contributed by atoms with van der Waals surface area (Å²) < 4.78 is 5.35. The van der Waals surface area contributed by atoms with Crippen molar-refractivity contribution in [2.24, 2.45) is 5.92 Å². The number of hydrogen-bond donors (Lipinski definition) is 2. The third-order valence-corrected chi connectivity index (χ3v) is 4.15. The molecule has 2 aliphatic rings. The summed E-state index contributed by atoms with van der Waals surface area (Å²) in [6.45, 7) is 3.14. The SMILES string of the molecule is O=C(NCC1CCOCC1)N(Cc1cc[nH]c1)C1CC1. The summed E-state index contributed by atoms with van der Waals surface area (Å²) in [6.07, 6.45) is 8.24.